The van der Waals surface area contributed by atoms with Crippen molar-refractivity contribution in [3.8, 4) is 11.5 Å². The molecule has 1 aromatic carbocycles. The highest BCUT2D eigenvalue weighted by Crippen LogP contribution is 2.68. The van der Waals surface area contributed by atoms with Crippen molar-refractivity contribution < 1.29 is 29.0 Å². The van der Waals surface area contributed by atoms with Gasteiger partial charge in [0.05, 0.1) is 30.6 Å². The highest BCUT2D eigenvalue weighted by atomic mass is 32.2. The standard InChI is InChI=1S/C28H32N2O7S2/c1-12(2)11-37-16-7-6-13(9-17(16)36-3)19-20-14-10-15(23(20)38-25-24(19)39-28(35)29-25)22-21(14)26(33)30(27(22)34)8-4-5-18(31)32/h6-7,9,12,14-15,19-23H,4-5,8,10-11H2,1-3H3,(H,29,35)(H,31,32). The molecule has 2 aliphatic carbocycles. The molecule has 11 heteroatoms. The first kappa shape index (κ1) is 26.4. The second kappa shape index (κ2) is 9.99. The number of hydrogen-bond donors (Lipinski definition) is 2. The van der Waals surface area contributed by atoms with Gasteiger partial charge in [0.2, 0.25) is 11.8 Å². The number of fused-ring (bicyclic) bond motifs is 9. The van der Waals surface area contributed by atoms with E-state index in [-0.39, 0.29) is 76.8 Å². The van der Waals surface area contributed by atoms with E-state index in [0.29, 0.717) is 24.0 Å². The number of nitrogens with zero attached hydrogens (tertiary/aromatic N) is 1. The van der Waals surface area contributed by atoms with Gasteiger partial charge in [-0.05, 0) is 54.2 Å². The average molecular weight is 573 g/mol. The quantitative estimate of drug-likeness (QED) is 0.435. The summed E-state index contributed by atoms with van der Waals surface area (Å²) in [6.45, 7) is 4.88. The Balaban J connectivity index is 1.35. The predicted octanol–water partition coefficient (Wildman–Crippen LogP) is 3.82. The van der Waals surface area contributed by atoms with E-state index in [1.807, 2.05) is 18.2 Å². The average Bonchev–Trinajstić information content (AvgIpc) is 3.62. The number of likely N-dealkylation sites (tertiary alicyclic amines) is 1. The summed E-state index contributed by atoms with van der Waals surface area (Å²) in [4.78, 5) is 55.7. The Morgan fingerprint density at radius 2 is 1.90 bits per heavy atom. The number of carboxylic acids is 1. The molecule has 39 heavy (non-hydrogen) atoms. The molecule has 3 heterocycles. The lowest BCUT2D eigenvalue weighted by molar-refractivity contribution is -0.142. The molecule has 1 saturated heterocycles. The van der Waals surface area contributed by atoms with Crippen LogP contribution < -0.4 is 14.3 Å². The van der Waals surface area contributed by atoms with E-state index in [2.05, 4.69) is 18.8 Å². The summed E-state index contributed by atoms with van der Waals surface area (Å²) in [6, 6.07) is 5.95. The number of carboxylic acid groups (broad SMARTS) is 1. The molecule has 2 aliphatic heterocycles. The SMILES string of the molecule is COc1cc(C2c3sc(=O)[nH]c3SC3C4CC(C5C(=O)N(CCCC(=O)O)C(=O)C45)C23)ccc1OCC(C)C. The molecule has 0 spiro atoms. The van der Waals surface area contributed by atoms with Crippen LogP contribution in [0.4, 0.5) is 0 Å². The van der Waals surface area contributed by atoms with Gasteiger partial charge in [-0.1, -0.05) is 31.3 Å². The molecule has 2 bridgehead atoms. The van der Waals surface area contributed by atoms with E-state index in [1.54, 1.807) is 18.9 Å². The maximum Gasteiger partial charge on any atom is 0.305 e. The minimum absolute atomic E-state index is 0.0108. The molecule has 9 nitrogen and oxygen atoms in total. The van der Waals surface area contributed by atoms with Crippen LogP contribution in [0.2, 0.25) is 0 Å². The molecule has 2 aromatic rings. The van der Waals surface area contributed by atoms with Gasteiger partial charge in [-0.3, -0.25) is 24.1 Å². The van der Waals surface area contributed by atoms with Gasteiger partial charge < -0.3 is 19.6 Å². The minimum Gasteiger partial charge on any atom is -0.493 e. The highest BCUT2D eigenvalue weighted by molar-refractivity contribution is 8.00. The van der Waals surface area contributed by atoms with Crippen molar-refractivity contribution in [1.82, 2.24) is 9.88 Å². The fourth-order valence-corrected chi connectivity index (χ4v) is 10.2. The summed E-state index contributed by atoms with van der Waals surface area (Å²) in [5, 5.41) is 9.96. The zero-order chi connectivity index (χ0) is 27.6. The third-order valence-electron chi connectivity index (χ3n) is 8.71. The lowest BCUT2D eigenvalue weighted by atomic mass is 9.68. The third kappa shape index (κ3) is 4.28. The second-order valence-electron chi connectivity index (χ2n) is 11.4. The number of carbonyl (C=O) groups excluding carboxylic acids is 2. The Bertz CT molecular complexity index is 1380. The van der Waals surface area contributed by atoms with E-state index in [9.17, 15) is 19.2 Å². The number of thiazole rings is 1. The predicted molar refractivity (Wildman–Crippen MR) is 145 cm³/mol. The fraction of sp³-hybridized carbons (Fsp3) is 0.571. The lowest BCUT2D eigenvalue weighted by Gasteiger charge is -2.43. The molecule has 4 aliphatic rings. The molecule has 2 saturated carbocycles. The van der Waals surface area contributed by atoms with Crippen molar-refractivity contribution in [3.63, 3.8) is 0 Å². The van der Waals surface area contributed by atoms with E-state index in [4.69, 9.17) is 14.6 Å². The van der Waals surface area contributed by atoms with Crippen LogP contribution in [0.1, 0.15) is 49.5 Å². The Morgan fingerprint density at radius 1 is 1.15 bits per heavy atom. The van der Waals surface area contributed by atoms with Crippen molar-refractivity contribution in [3.05, 3.63) is 38.3 Å². The molecule has 6 rings (SSSR count). The van der Waals surface area contributed by atoms with Gasteiger partial charge in [0.25, 0.3) is 0 Å². The monoisotopic (exact) mass is 572 g/mol. The largest absolute Gasteiger partial charge is 0.493 e. The van der Waals surface area contributed by atoms with Crippen LogP contribution in [0.3, 0.4) is 0 Å². The van der Waals surface area contributed by atoms with Crippen molar-refractivity contribution in [2.45, 2.75) is 49.3 Å². The maximum absolute atomic E-state index is 13.6. The molecule has 7 atom stereocenters. The van der Waals surface area contributed by atoms with Crippen LogP contribution >= 0.6 is 23.1 Å². The number of methoxy groups -OCH3 is 1. The smallest absolute Gasteiger partial charge is 0.305 e. The van der Waals surface area contributed by atoms with Crippen LogP contribution in [0.5, 0.6) is 11.5 Å². The number of hydrogen-bond acceptors (Lipinski definition) is 8. The van der Waals surface area contributed by atoms with Gasteiger partial charge in [-0.15, -0.1) is 11.8 Å². The van der Waals surface area contributed by atoms with Crippen molar-refractivity contribution >= 4 is 40.9 Å². The number of amides is 2. The topological polar surface area (TPSA) is 126 Å². The maximum atomic E-state index is 13.6. The zero-order valence-corrected chi connectivity index (χ0v) is 23.7. The Hall–Kier alpha value is -2.79. The van der Waals surface area contributed by atoms with E-state index in [0.717, 1.165) is 21.9 Å². The van der Waals surface area contributed by atoms with Crippen molar-refractivity contribution in [1.29, 1.82) is 0 Å². The lowest BCUT2D eigenvalue weighted by Crippen LogP contribution is -2.42. The number of carbonyl (C=O) groups is 3. The van der Waals surface area contributed by atoms with Gasteiger partial charge in [0.1, 0.15) is 0 Å². The Kier molecular flexibility index (Phi) is 6.77. The Labute approximate surface area is 234 Å². The van der Waals surface area contributed by atoms with Crippen molar-refractivity contribution in [2.24, 2.45) is 35.5 Å². The number of imide groups is 1. The Morgan fingerprint density at radius 3 is 2.59 bits per heavy atom. The first-order chi connectivity index (χ1) is 18.7. The summed E-state index contributed by atoms with van der Waals surface area (Å²) in [7, 11) is 1.62. The number of H-pyrrole nitrogens is 1. The van der Waals surface area contributed by atoms with Gasteiger partial charge in [0, 0.05) is 29.0 Å². The zero-order valence-electron chi connectivity index (χ0n) is 22.0. The minimum atomic E-state index is -0.934. The van der Waals surface area contributed by atoms with Gasteiger partial charge in [0.15, 0.2) is 11.5 Å². The van der Waals surface area contributed by atoms with Gasteiger partial charge >= 0.3 is 10.8 Å². The van der Waals surface area contributed by atoms with E-state index in [1.165, 1.54) is 16.2 Å². The number of aromatic nitrogens is 1. The second-order valence-corrected chi connectivity index (χ2v) is 13.6. The van der Waals surface area contributed by atoms with Gasteiger partial charge in [-0.2, -0.15) is 0 Å². The summed E-state index contributed by atoms with van der Waals surface area (Å²) < 4.78 is 11.7. The highest BCUT2D eigenvalue weighted by Gasteiger charge is 2.69. The van der Waals surface area contributed by atoms with Crippen molar-refractivity contribution in [2.75, 3.05) is 20.3 Å². The van der Waals surface area contributed by atoms with Crippen LogP contribution in [0.15, 0.2) is 28.0 Å². The molecule has 2 N–H and O–H groups in total. The molecule has 0 radical (unpaired) electrons. The fourth-order valence-electron chi connectivity index (χ4n) is 7.31. The van der Waals surface area contributed by atoms with Crippen LogP contribution in [-0.4, -0.2) is 58.3 Å². The summed E-state index contributed by atoms with van der Waals surface area (Å²) in [5.74, 6) is -0.318. The number of nitrogens with one attached hydrogen (secondary N) is 1. The van der Waals surface area contributed by atoms with Crippen LogP contribution in [0, 0.1) is 35.5 Å². The molecular weight excluding hydrogens is 540 g/mol. The number of aliphatic carboxylic acids is 1. The summed E-state index contributed by atoms with van der Waals surface area (Å²) in [6.07, 6.45) is 0.991. The number of ether oxygens (including phenoxy) is 2. The van der Waals surface area contributed by atoms with E-state index < -0.39 is 5.97 Å². The molecule has 7 unspecified atom stereocenters. The first-order valence-corrected chi connectivity index (χ1v) is 15.2. The molecule has 3 fully saturated rings. The number of benzene rings is 1. The van der Waals surface area contributed by atoms with Gasteiger partial charge in [-0.25, -0.2) is 0 Å². The van der Waals surface area contributed by atoms with E-state index >= 15 is 0 Å². The molecule has 208 valence electrons. The summed E-state index contributed by atoms with van der Waals surface area (Å²) >= 11 is 2.87. The number of aromatic amines is 1. The molecule has 2 amide bonds. The first-order valence-electron chi connectivity index (χ1n) is 13.5. The summed E-state index contributed by atoms with van der Waals surface area (Å²) in [5.41, 5.74) is 1.01. The third-order valence-corrected chi connectivity index (χ3v) is 11.3. The number of thioether (sulfide) groups is 1. The number of rotatable bonds is 9. The molecule has 1 aromatic heterocycles. The van der Waals surface area contributed by atoms with Crippen LogP contribution in [-0.2, 0) is 14.4 Å². The normalized spacial score (nSPS) is 30.5. The molecular formula is C28H32N2O7S2. The van der Waals surface area contributed by atoms with Crippen LogP contribution in [0.25, 0.3) is 0 Å².